The normalized spacial score (nSPS) is 13.8. The molecule has 0 amide bonds. The summed E-state index contributed by atoms with van der Waals surface area (Å²) in [4.78, 5) is 13.9. The van der Waals surface area contributed by atoms with Crippen molar-refractivity contribution in [2.75, 3.05) is 12.5 Å². The van der Waals surface area contributed by atoms with Crippen molar-refractivity contribution in [1.82, 2.24) is 19.1 Å². The molecule has 0 bridgehead atoms. The summed E-state index contributed by atoms with van der Waals surface area (Å²) < 4.78 is 4.66. The molecular weight excluding hydrogens is 713 g/mol. The predicted molar refractivity (Wildman–Crippen MR) is 240 cm³/mol. The van der Waals surface area contributed by atoms with Gasteiger partial charge in [0.05, 0.1) is 33.3 Å². The van der Waals surface area contributed by atoms with Gasteiger partial charge in [-0.05, 0) is 89.9 Å². The number of hydrogen-bond donors (Lipinski definition) is 0. The lowest BCUT2D eigenvalue weighted by Gasteiger charge is -2.28. The summed E-state index contributed by atoms with van der Waals surface area (Å²) in [5.74, 6) is 0.677. The summed E-state index contributed by atoms with van der Waals surface area (Å²) in [6, 6.07) is 65.9. The van der Waals surface area contributed by atoms with Gasteiger partial charge in [-0.25, -0.2) is 9.97 Å². The van der Waals surface area contributed by atoms with Gasteiger partial charge >= 0.3 is 0 Å². The van der Waals surface area contributed by atoms with Crippen molar-refractivity contribution in [3.8, 4) is 45.1 Å². The molecule has 1 aliphatic rings. The molecule has 3 aromatic heterocycles. The molecular formula is C52H36N4S. The van der Waals surface area contributed by atoms with Crippen LogP contribution in [0.1, 0.15) is 0 Å². The van der Waals surface area contributed by atoms with E-state index >= 15 is 0 Å². The Kier molecular flexibility index (Phi) is 6.82. The van der Waals surface area contributed by atoms with Crippen LogP contribution in [0.15, 0.2) is 192 Å². The molecule has 0 atom stereocenters. The van der Waals surface area contributed by atoms with Crippen molar-refractivity contribution in [1.29, 1.82) is 0 Å². The molecule has 0 radical (unpaired) electrons. The van der Waals surface area contributed by atoms with Gasteiger partial charge < -0.3 is 4.57 Å². The van der Waals surface area contributed by atoms with Crippen molar-refractivity contribution in [2.24, 2.45) is 0 Å². The van der Waals surface area contributed by atoms with E-state index in [0.29, 0.717) is 5.95 Å². The summed E-state index contributed by atoms with van der Waals surface area (Å²) in [5, 5.41) is 5.90. The Bertz CT molecular complexity index is 3430. The highest BCUT2D eigenvalue weighted by Gasteiger charge is 2.34. The molecule has 0 saturated carbocycles. The molecule has 0 saturated heterocycles. The molecule has 0 unspecified atom stereocenters. The molecule has 57 heavy (non-hydrogen) atoms. The van der Waals surface area contributed by atoms with E-state index in [1.165, 1.54) is 59.1 Å². The van der Waals surface area contributed by atoms with Crippen LogP contribution < -0.4 is 0 Å². The van der Waals surface area contributed by atoms with Gasteiger partial charge in [0.25, 0.3) is 0 Å². The van der Waals surface area contributed by atoms with E-state index in [0.717, 1.165) is 44.4 Å². The van der Waals surface area contributed by atoms with Crippen LogP contribution in [0.5, 0.6) is 0 Å². The van der Waals surface area contributed by atoms with Gasteiger partial charge in [-0.3, -0.25) is 4.57 Å². The SMILES string of the molecule is CS1(C)c2ccccc2-c2c1ccc1c(-c3ccccc3)nc(-n3c4ccccc4c4ccc(-c5ccc6c(c5)c5ccccc5n6-c5ccccc5)cc43)nc21. The van der Waals surface area contributed by atoms with Crippen LogP contribution in [0.4, 0.5) is 0 Å². The number of nitrogens with zero attached hydrogens (tertiary/aromatic N) is 4. The second kappa shape index (κ2) is 12.0. The highest BCUT2D eigenvalue weighted by Crippen LogP contribution is 2.68. The standard InChI is InChI=1S/C52H36N4S/c1-57(2)47-24-14-11-21-40(47)49-48(57)30-28-41-50(33-15-5-3-6-16-33)53-52(54-51(41)49)56-44-23-13-9-19-37(44)39-27-25-35(32-46(39)56)34-26-29-45-42(31-34)38-20-10-12-22-43(38)55(45)36-17-7-4-8-18-36/h3-32H,1-2H3. The Morgan fingerprint density at radius 1 is 0.404 bits per heavy atom. The summed E-state index contributed by atoms with van der Waals surface area (Å²) in [6.07, 6.45) is 4.82. The van der Waals surface area contributed by atoms with Crippen molar-refractivity contribution in [3.63, 3.8) is 0 Å². The first-order valence-corrected chi connectivity index (χ1v) is 21.9. The average Bonchev–Trinajstić information content (AvgIpc) is 3.86. The van der Waals surface area contributed by atoms with Gasteiger partial charge in [0.15, 0.2) is 0 Å². The molecule has 0 aliphatic carbocycles. The number of rotatable bonds is 4. The molecule has 8 aromatic carbocycles. The Morgan fingerprint density at radius 2 is 1.00 bits per heavy atom. The van der Waals surface area contributed by atoms with E-state index in [9.17, 15) is 0 Å². The van der Waals surface area contributed by atoms with Crippen molar-refractivity contribution < 1.29 is 0 Å². The zero-order valence-corrected chi connectivity index (χ0v) is 32.3. The van der Waals surface area contributed by atoms with E-state index in [4.69, 9.17) is 9.97 Å². The molecule has 0 spiro atoms. The molecule has 0 fully saturated rings. The minimum Gasteiger partial charge on any atom is -0.309 e. The van der Waals surface area contributed by atoms with Gasteiger partial charge in [0.1, 0.15) is 0 Å². The molecule has 11 aromatic rings. The van der Waals surface area contributed by atoms with E-state index in [2.05, 4.69) is 204 Å². The first kappa shape index (κ1) is 32.3. The summed E-state index contributed by atoms with van der Waals surface area (Å²) >= 11 is 0. The third-order valence-corrected chi connectivity index (χ3v) is 14.9. The third-order valence-electron chi connectivity index (χ3n) is 12.0. The number of benzene rings is 8. The van der Waals surface area contributed by atoms with Gasteiger partial charge in [0, 0.05) is 53.5 Å². The largest absolute Gasteiger partial charge is 0.309 e. The highest BCUT2D eigenvalue weighted by molar-refractivity contribution is 8.33. The Morgan fingerprint density at radius 3 is 1.81 bits per heavy atom. The fourth-order valence-electron chi connectivity index (χ4n) is 9.38. The Hall–Kier alpha value is -6.95. The van der Waals surface area contributed by atoms with Gasteiger partial charge in [0.2, 0.25) is 5.95 Å². The Labute approximate surface area is 331 Å². The second-order valence-electron chi connectivity index (χ2n) is 15.4. The first-order chi connectivity index (χ1) is 28.0. The fourth-order valence-corrected chi connectivity index (χ4v) is 11.9. The minimum absolute atomic E-state index is 0.677. The van der Waals surface area contributed by atoms with Gasteiger partial charge in [-0.2, -0.15) is 10.0 Å². The molecule has 4 heterocycles. The van der Waals surface area contributed by atoms with Crippen molar-refractivity contribution >= 4 is 64.5 Å². The highest BCUT2D eigenvalue weighted by atomic mass is 32.3. The first-order valence-electron chi connectivity index (χ1n) is 19.4. The lowest BCUT2D eigenvalue weighted by molar-refractivity contribution is 1.01. The summed E-state index contributed by atoms with van der Waals surface area (Å²) in [7, 11) is -1.22. The molecule has 0 N–H and O–H groups in total. The predicted octanol–water partition coefficient (Wildman–Crippen LogP) is 13.6. The number of hydrogen-bond acceptors (Lipinski definition) is 2. The Balaban J connectivity index is 1.13. The maximum Gasteiger partial charge on any atom is 0.235 e. The molecule has 4 nitrogen and oxygen atoms in total. The molecule has 5 heteroatoms. The van der Waals surface area contributed by atoms with Crippen LogP contribution in [-0.2, 0) is 0 Å². The lowest BCUT2D eigenvalue weighted by Crippen LogP contribution is -2.04. The summed E-state index contributed by atoms with van der Waals surface area (Å²) in [5.41, 5.74) is 13.6. The average molecular weight is 749 g/mol. The van der Waals surface area contributed by atoms with E-state index in [-0.39, 0.29) is 0 Å². The molecule has 12 rings (SSSR count). The maximum atomic E-state index is 5.61. The number of fused-ring (bicyclic) bond motifs is 11. The van der Waals surface area contributed by atoms with Crippen LogP contribution in [0, 0.1) is 0 Å². The zero-order chi connectivity index (χ0) is 37.8. The van der Waals surface area contributed by atoms with Crippen molar-refractivity contribution in [3.05, 3.63) is 182 Å². The van der Waals surface area contributed by atoms with Crippen LogP contribution >= 0.6 is 10.0 Å². The van der Waals surface area contributed by atoms with E-state index in [1.54, 1.807) is 0 Å². The lowest BCUT2D eigenvalue weighted by atomic mass is 9.99. The second-order valence-corrected chi connectivity index (χ2v) is 18.9. The quantitative estimate of drug-likeness (QED) is 0.180. The van der Waals surface area contributed by atoms with Gasteiger partial charge in [-0.15, -0.1) is 0 Å². The fraction of sp³-hybridized carbons (Fsp3) is 0.0385. The smallest absolute Gasteiger partial charge is 0.235 e. The van der Waals surface area contributed by atoms with Gasteiger partial charge in [-0.1, -0.05) is 121 Å². The molecule has 270 valence electrons. The van der Waals surface area contributed by atoms with E-state index < -0.39 is 10.0 Å². The molecule has 1 aliphatic heterocycles. The van der Waals surface area contributed by atoms with Crippen LogP contribution in [0.2, 0.25) is 0 Å². The number of aromatic nitrogens is 4. The third kappa shape index (κ3) is 4.64. The maximum absolute atomic E-state index is 5.61. The van der Waals surface area contributed by atoms with Crippen LogP contribution in [-0.4, -0.2) is 31.6 Å². The monoisotopic (exact) mass is 748 g/mol. The summed E-state index contributed by atoms with van der Waals surface area (Å²) in [6.45, 7) is 0. The van der Waals surface area contributed by atoms with Crippen molar-refractivity contribution in [2.45, 2.75) is 9.79 Å². The van der Waals surface area contributed by atoms with Crippen LogP contribution in [0.3, 0.4) is 0 Å². The zero-order valence-electron chi connectivity index (χ0n) is 31.5. The van der Waals surface area contributed by atoms with E-state index in [1.807, 2.05) is 0 Å². The number of para-hydroxylation sites is 3. The topological polar surface area (TPSA) is 35.6 Å². The minimum atomic E-state index is -1.22. The van der Waals surface area contributed by atoms with Crippen LogP contribution in [0.25, 0.3) is 99.7 Å².